The van der Waals surface area contributed by atoms with E-state index in [9.17, 15) is 19.1 Å². The summed E-state index contributed by atoms with van der Waals surface area (Å²) in [4.78, 5) is 32.1. The van der Waals surface area contributed by atoms with Crippen LogP contribution in [-0.4, -0.2) is 32.2 Å². The third kappa shape index (κ3) is 2.75. The number of imidazole rings is 1. The maximum Gasteiger partial charge on any atom is 0.411 e. The highest BCUT2D eigenvalue weighted by Crippen LogP contribution is 2.45. The van der Waals surface area contributed by atoms with E-state index in [1.54, 1.807) is 48.5 Å². The fourth-order valence-corrected chi connectivity index (χ4v) is 3.95. The lowest BCUT2D eigenvalue weighted by molar-refractivity contribution is 0.0699. The molecule has 154 valence electrons. The van der Waals surface area contributed by atoms with E-state index >= 15 is 0 Å². The zero-order chi connectivity index (χ0) is 21.8. The van der Waals surface area contributed by atoms with Crippen LogP contribution in [0.15, 0.2) is 66.7 Å². The van der Waals surface area contributed by atoms with Crippen molar-refractivity contribution >= 4 is 34.7 Å². The van der Waals surface area contributed by atoms with E-state index in [0.29, 0.717) is 16.6 Å². The van der Waals surface area contributed by atoms with Crippen molar-refractivity contribution in [3.05, 3.63) is 89.2 Å². The van der Waals surface area contributed by atoms with E-state index in [-0.39, 0.29) is 22.8 Å². The van der Waals surface area contributed by atoms with Gasteiger partial charge >= 0.3 is 6.09 Å². The number of carbonyl (C=O) groups excluding carboxylic acids is 1. The smallest absolute Gasteiger partial charge is 0.411 e. The van der Waals surface area contributed by atoms with Crippen molar-refractivity contribution < 1.29 is 24.2 Å². The van der Waals surface area contributed by atoms with Crippen LogP contribution in [0.1, 0.15) is 21.5 Å². The van der Waals surface area contributed by atoms with Crippen molar-refractivity contribution in [3.63, 3.8) is 0 Å². The number of carbonyl (C=O) groups is 2. The summed E-state index contributed by atoms with van der Waals surface area (Å²) >= 11 is 0. The number of aliphatic hydroxyl groups is 1. The molecule has 5 rings (SSSR count). The standard InChI is InChI=1S/C22H15FN4O4/c23-15-7-3-4-8-18(15)27-19(28)13-5-1-2-6-14(13)22(27,31)12-9-10-16-17(11-12)25-20(24-16)26-21(29)30/h1-11,31H,(H,29,30)(H2,24,25,26). The van der Waals surface area contributed by atoms with E-state index in [4.69, 9.17) is 5.11 Å². The molecule has 0 bridgehead atoms. The minimum atomic E-state index is -1.99. The van der Waals surface area contributed by atoms with Gasteiger partial charge in [0.25, 0.3) is 5.91 Å². The van der Waals surface area contributed by atoms with Gasteiger partial charge in [-0.1, -0.05) is 36.4 Å². The first-order chi connectivity index (χ1) is 14.9. The molecular formula is C22H15FN4O4. The maximum atomic E-state index is 14.7. The zero-order valence-electron chi connectivity index (χ0n) is 15.8. The van der Waals surface area contributed by atoms with Gasteiger partial charge in [0.05, 0.1) is 16.7 Å². The van der Waals surface area contributed by atoms with Gasteiger partial charge in [0.1, 0.15) is 5.82 Å². The van der Waals surface area contributed by atoms with Gasteiger partial charge in [-0.15, -0.1) is 0 Å². The number of fused-ring (bicyclic) bond motifs is 2. The first-order valence-electron chi connectivity index (χ1n) is 9.31. The number of hydrogen-bond donors (Lipinski definition) is 4. The molecular weight excluding hydrogens is 403 g/mol. The largest absolute Gasteiger partial charge is 0.465 e. The second-order valence-corrected chi connectivity index (χ2v) is 7.06. The Morgan fingerprint density at radius 1 is 1.10 bits per heavy atom. The number of amides is 2. The summed E-state index contributed by atoms with van der Waals surface area (Å²) in [6, 6.07) is 17.0. The van der Waals surface area contributed by atoms with Gasteiger partial charge in [0, 0.05) is 16.7 Å². The minimum Gasteiger partial charge on any atom is -0.465 e. The molecule has 1 aromatic heterocycles. The summed E-state index contributed by atoms with van der Waals surface area (Å²) < 4.78 is 14.7. The number of halogens is 1. The Balaban J connectivity index is 1.73. The van der Waals surface area contributed by atoms with Crippen LogP contribution >= 0.6 is 0 Å². The number of para-hydroxylation sites is 1. The van der Waals surface area contributed by atoms with E-state index in [1.807, 2.05) is 0 Å². The van der Waals surface area contributed by atoms with Gasteiger partial charge in [-0.2, -0.15) is 0 Å². The first-order valence-corrected chi connectivity index (χ1v) is 9.31. The Kier molecular flexibility index (Phi) is 4.02. The number of carboxylic acid groups (broad SMARTS) is 1. The van der Waals surface area contributed by atoms with Crippen molar-refractivity contribution in [2.75, 3.05) is 10.2 Å². The van der Waals surface area contributed by atoms with Crippen LogP contribution in [-0.2, 0) is 5.72 Å². The molecule has 9 heteroatoms. The molecule has 1 unspecified atom stereocenters. The molecule has 2 amide bonds. The van der Waals surface area contributed by atoms with E-state index < -0.39 is 23.5 Å². The van der Waals surface area contributed by atoms with Gasteiger partial charge in [0.2, 0.25) is 5.95 Å². The number of hydrogen-bond acceptors (Lipinski definition) is 4. The summed E-state index contributed by atoms with van der Waals surface area (Å²) in [5.74, 6) is -1.18. The van der Waals surface area contributed by atoms with Crippen molar-refractivity contribution in [2.45, 2.75) is 5.72 Å². The topological polar surface area (TPSA) is 119 Å². The molecule has 31 heavy (non-hydrogen) atoms. The Bertz CT molecular complexity index is 1370. The number of nitrogens with zero attached hydrogens (tertiary/aromatic N) is 2. The SMILES string of the molecule is O=C(O)Nc1nc2ccc(C3(O)c4ccccc4C(=O)N3c3ccccc3F)cc2[nH]1. The molecule has 0 radical (unpaired) electrons. The number of nitrogens with one attached hydrogen (secondary N) is 2. The molecule has 0 saturated carbocycles. The second kappa shape index (κ2) is 6.64. The summed E-state index contributed by atoms with van der Waals surface area (Å²) in [6.45, 7) is 0. The molecule has 2 heterocycles. The summed E-state index contributed by atoms with van der Waals surface area (Å²) in [7, 11) is 0. The number of benzene rings is 3. The lowest BCUT2D eigenvalue weighted by atomic mass is 9.93. The Morgan fingerprint density at radius 2 is 1.84 bits per heavy atom. The molecule has 4 N–H and O–H groups in total. The summed E-state index contributed by atoms with van der Waals surface area (Å²) in [5, 5.41) is 23.0. The quantitative estimate of drug-likeness (QED) is 0.405. The highest BCUT2D eigenvalue weighted by molar-refractivity contribution is 6.12. The van der Waals surface area contributed by atoms with Crippen molar-refractivity contribution in [3.8, 4) is 0 Å². The highest BCUT2D eigenvalue weighted by atomic mass is 19.1. The highest BCUT2D eigenvalue weighted by Gasteiger charge is 2.51. The van der Waals surface area contributed by atoms with Gasteiger partial charge in [-0.25, -0.2) is 14.2 Å². The second-order valence-electron chi connectivity index (χ2n) is 7.06. The molecule has 1 aliphatic heterocycles. The number of aromatic amines is 1. The zero-order valence-corrected chi connectivity index (χ0v) is 15.8. The normalized spacial score (nSPS) is 17.7. The number of rotatable bonds is 3. The molecule has 0 fully saturated rings. The van der Waals surface area contributed by atoms with Gasteiger partial charge in [0.15, 0.2) is 5.72 Å². The van der Waals surface area contributed by atoms with E-state index in [0.717, 1.165) is 4.90 Å². The van der Waals surface area contributed by atoms with Crippen molar-refractivity contribution in [2.24, 2.45) is 0 Å². The Labute approximate surface area is 174 Å². The molecule has 1 aliphatic rings. The van der Waals surface area contributed by atoms with Crippen LogP contribution in [0, 0.1) is 5.82 Å². The summed E-state index contributed by atoms with van der Waals surface area (Å²) in [6.07, 6.45) is -1.28. The van der Waals surface area contributed by atoms with Crippen LogP contribution in [0.25, 0.3) is 11.0 Å². The van der Waals surface area contributed by atoms with Crippen LogP contribution in [0.5, 0.6) is 0 Å². The number of anilines is 2. The number of H-pyrrole nitrogens is 1. The maximum absolute atomic E-state index is 14.7. The predicted molar refractivity (Wildman–Crippen MR) is 110 cm³/mol. The number of aromatic nitrogens is 2. The summed E-state index contributed by atoms with van der Waals surface area (Å²) in [5.41, 5.74) is -0.324. The molecule has 0 saturated heterocycles. The minimum absolute atomic E-state index is 0.0144. The molecule has 0 spiro atoms. The lowest BCUT2D eigenvalue weighted by Crippen LogP contribution is -2.45. The molecule has 8 nitrogen and oxygen atoms in total. The van der Waals surface area contributed by atoms with Crippen LogP contribution < -0.4 is 10.2 Å². The fourth-order valence-electron chi connectivity index (χ4n) is 3.95. The Hall–Kier alpha value is -4.24. The average molecular weight is 418 g/mol. The third-order valence-corrected chi connectivity index (χ3v) is 5.26. The van der Waals surface area contributed by atoms with Crippen molar-refractivity contribution in [1.82, 2.24) is 9.97 Å². The predicted octanol–water partition coefficient (Wildman–Crippen LogP) is 3.65. The van der Waals surface area contributed by atoms with Crippen LogP contribution in [0.2, 0.25) is 0 Å². The molecule has 4 aromatic rings. The van der Waals surface area contributed by atoms with Crippen molar-refractivity contribution in [1.29, 1.82) is 0 Å². The van der Waals surface area contributed by atoms with Gasteiger partial charge in [-0.05, 0) is 30.3 Å². The van der Waals surface area contributed by atoms with Crippen LogP contribution in [0.3, 0.4) is 0 Å². The first kappa shape index (κ1) is 18.8. The lowest BCUT2D eigenvalue weighted by Gasteiger charge is -2.35. The van der Waals surface area contributed by atoms with Gasteiger partial charge < -0.3 is 15.2 Å². The molecule has 3 aromatic carbocycles. The van der Waals surface area contributed by atoms with Crippen LogP contribution in [0.4, 0.5) is 20.8 Å². The third-order valence-electron chi connectivity index (χ3n) is 5.26. The Morgan fingerprint density at radius 3 is 2.61 bits per heavy atom. The average Bonchev–Trinajstić information content (AvgIpc) is 3.24. The van der Waals surface area contributed by atoms with E-state index in [1.165, 1.54) is 18.2 Å². The molecule has 0 aliphatic carbocycles. The molecule has 1 atom stereocenters. The monoisotopic (exact) mass is 418 g/mol. The van der Waals surface area contributed by atoms with E-state index in [2.05, 4.69) is 15.3 Å². The fraction of sp³-hybridized carbons (Fsp3) is 0.0455. The van der Waals surface area contributed by atoms with Gasteiger partial charge in [-0.3, -0.25) is 15.0 Å².